The lowest BCUT2D eigenvalue weighted by Crippen LogP contribution is -2.51. The number of anilines is 1. The first-order chi connectivity index (χ1) is 14.5. The first-order valence-electron chi connectivity index (χ1n) is 10.2. The number of methoxy groups -OCH3 is 1. The maximum Gasteiger partial charge on any atom is 0.248 e. The zero-order chi connectivity index (χ0) is 21.5. The zero-order valence-electron chi connectivity index (χ0n) is 17.1. The van der Waals surface area contributed by atoms with Gasteiger partial charge in [0.1, 0.15) is 11.8 Å². The van der Waals surface area contributed by atoms with Crippen molar-refractivity contribution in [2.45, 2.75) is 35.3 Å². The van der Waals surface area contributed by atoms with Crippen LogP contribution in [-0.4, -0.2) is 71.1 Å². The van der Waals surface area contributed by atoms with Crippen LogP contribution in [0.15, 0.2) is 24.3 Å². The maximum atomic E-state index is 13.4. The number of aliphatic hydroxyl groups excluding tert-OH is 1. The van der Waals surface area contributed by atoms with Gasteiger partial charge in [0.15, 0.2) is 0 Å². The van der Waals surface area contributed by atoms with Crippen molar-refractivity contribution in [3.8, 4) is 5.75 Å². The van der Waals surface area contributed by atoms with E-state index in [1.807, 2.05) is 0 Å². The Balaban J connectivity index is 1.65. The third-order valence-corrected chi connectivity index (χ3v) is 8.46. The number of likely N-dealkylation sites (tertiary alicyclic amines) is 1. The van der Waals surface area contributed by atoms with Gasteiger partial charge in [-0.1, -0.05) is 0 Å². The van der Waals surface area contributed by atoms with Crippen LogP contribution in [0.1, 0.15) is 19.3 Å². The Labute approximate surface area is 179 Å². The number of thioether (sulfide) groups is 1. The highest BCUT2D eigenvalue weighted by molar-refractivity contribution is 8.02. The first kappa shape index (κ1) is 21.0. The molecule has 3 saturated heterocycles. The molecule has 0 aromatic heterocycles. The molecule has 3 heterocycles. The van der Waals surface area contributed by atoms with Crippen LogP contribution in [-0.2, 0) is 14.4 Å². The SMILES string of the molecule is CNC(=O)[C@@H]1[C@H]2C(=O)N(CCCO)C(C(=O)Nc3ccc(OC)cc3)C23CC[C@H]1S3. The second-order valence-corrected chi connectivity index (χ2v) is 9.60. The molecule has 1 aromatic carbocycles. The molecule has 3 aliphatic rings. The highest BCUT2D eigenvalue weighted by atomic mass is 32.2. The molecule has 0 radical (unpaired) electrons. The van der Waals surface area contributed by atoms with Gasteiger partial charge in [-0.3, -0.25) is 14.4 Å². The molecular formula is C21H27N3O5S. The number of amides is 3. The Morgan fingerprint density at radius 2 is 2.03 bits per heavy atom. The molecule has 5 atom stereocenters. The van der Waals surface area contributed by atoms with Gasteiger partial charge in [-0.2, -0.15) is 0 Å². The van der Waals surface area contributed by atoms with Gasteiger partial charge in [-0.15, -0.1) is 11.8 Å². The lowest BCUT2D eigenvalue weighted by molar-refractivity contribution is -0.139. The fourth-order valence-electron chi connectivity index (χ4n) is 5.29. The van der Waals surface area contributed by atoms with Crippen LogP contribution in [0, 0.1) is 11.8 Å². The Bertz CT molecular complexity index is 848. The van der Waals surface area contributed by atoms with Crippen molar-refractivity contribution in [1.29, 1.82) is 0 Å². The monoisotopic (exact) mass is 433 g/mol. The summed E-state index contributed by atoms with van der Waals surface area (Å²) in [5, 5.41) is 15.0. The molecule has 9 heteroatoms. The number of aliphatic hydroxyl groups is 1. The minimum atomic E-state index is -0.673. The van der Waals surface area contributed by atoms with Crippen molar-refractivity contribution in [3.63, 3.8) is 0 Å². The Morgan fingerprint density at radius 1 is 1.30 bits per heavy atom. The van der Waals surface area contributed by atoms with E-state index in [0.717, 1.165) is 12.8 Å². The third kappa shape index (κ3) is 3.15. The minimum absolute atomic E-state index is 0.0511. The quantitative estimate of drug-likeness (QED) is 0.589. The average molecular weight is 434 g/mol. The highest BCUT2D eigenvalue weighted by Crippen LogP contribution is 2.66. The summed E-state index contributed by atoms with van der Waals surface area (Å²) in [5.74, 6) is -0.777. The molecule has 3 amide bonds. The number of nitrogens with one attached hydrogen (secondary N) is 2. The summed E-state index contributed by atoms with van der Waals surface area (Å²) in [5.41, 5.74) is 0.621. The van der Waals surface area contributed by atoms with E-state index in [1.54, 1.807) is 55.1 Å². The van der Waals surface area contributed by atoms with Crippen LogP contribution in [0.5, 0.6) is 5.75 Å². The number of fused-ring (bicyclic) bond motifs is 1. The Morgan fingerprint density at radius 3 is 2.67 bits per heavy atom. The van der Waals surface area contributed by atoms with Gasteiger partial charge in [0.2, 0.25) is 17.7 Å². The van der Waals surface area contributed by atoms with Gasteiger partial charge in [0.25, 0.3) is 0 Å². The number of hydrogen-bond donors (Lipinski definition) is 3. The largest absolute Gasteiger partial charge is 0.497 e. The van der Waals surface area contributed by atoms with Crippen LogP contribution >= 0.6 is 11.8 Å². The van der Waals surface area contributed by atoms with E-state index in [2.05, 4.69) is 10.6 Å². The van der Waals surface area contributed by atoms with Crippen LogP contribution in [0.4, 0.5) is 5.69 Å². The minimum Gasteiger partial charge on any atom is -0.497 e. The lowest BCUT2D eigenvalue weighted by Gasteiger charge is -2.34. The molecule has 4 rings (SSSR count). The summed E-state index contributed by atoms with van der Waals surface area (Å²) < 4.78 is 4.55. The standard InChI is InChI=1S/C21H27N3O5S/c1-22-18(26)15-14-8-9-21(30-14)16(15)20(28)24(10-3-11-25)17(21)19(27)23-12-4-6-13(29-2)7-5-12/h4-7,14-17,25H,3,8-11H2,1-2H3,(H,22,26)(H,23,27)/t14-,15+,16+,17?,21?/m1/s1. The van der Waals surface area contributed by atoms with E-state index in [4.69, 9.17) is 4.74 Å². The van der Waals surface area contributed by atoms with E-state index in [-0.39, 0.29) is 29.6 Å². The summed E-state index contributed by atoms with van der Waals surface area (Å²) in [6.07, 6.45) is 1.93. The van der Waals surface area contributed by atoms with Gasteiger partial charge in [0.05, 0.1) is 23.7 Å². The zero-order valence-corrected chi connectivity index (χ0v) is 17.9. The van der Waals surface area contributed by atoms with Crippen LogP contribution < -0.4 is 15.4 Å². The van der Waals surface area contributed by atoms with Gasteiger partial charge >= 0.3 is 0 Å². The summed E-state index contributed by atoms with van der Waals surface area (Å²) >= 11 is 1.63. The van der Waals surface area contributed by atoms with Gasteiger partial charge < -0.3 is 25.4 Å². The average Bonchev–Trinajstić information content (AvgIpc) is 3.39. The lowest BCUT2D eigenvalue weighted by atomic mass is 9.71. The molecule has 1 spiro atoms. The van der Waals surface area contributed by atoms with Gasteiger partial charge in [0, 0.05) is 31.1 Å². The third-order valence-electron chi connectivity index (χ3n) is 6.51. The molecule has 8 nitrogen and oxygen atoms in total. The first-order valence-corrected chi connectivity index (χ1v) is 11.1. The molecule has 0 aliphatic carbocycles. The Kier molecular flexibility index (Phi) is 5.67. The predicted octanol–water partition coefficient (Wildman–Crippen LogP) is 0.853. The number of rotatable bonds is 7. The maximum absolute atomic E-state index is 13.4. The van der Waals surface area contributed by atoms with Crippen LogP contribution in [0.25, 0.3) is 0 Å². The summed E-state index contributed by atoms with van der Waals surface area (Å²) in [4.78, 5) is 41.0. The van der Waals surface area contributed by atoms with Gasteiger partial charge in [-0.25, -0.2) is 0 Å². The topological polar surface area (TPSA) is 108 Å². The molecule has 3 aliphatic heterocycles. The second kappa shape index (κ2) is 8.11. The summed E-state index contributed by atoms with van der Waals surface area (Å²) in [7, 11) is 3.16. The van der Waals surface area contributed by atoms with Crippen molar-refractivity contribution in [2.24, 2.45) is 11.8 Å². The highest BCUT2D eigenvalue weighted by Gasteiger charge is 2.73. The van der Waals surface area contributed by atoms with Crippen molar-refractivity contribution >= 4 is 35.2 Å². The predicted molar refractivity (Wildman–Crippen MR) is 113 cm³/mol. The number of benzene rings is 1. The van der Waals surface area contributed by atoms with Crippen molar-refractivity contribution in [3.05, 3.63) is 24.3 Å². The summed E-state index contributed by atoms with van der Waals surface area (Å²) in [6, 6.07) is 6.36. The number of nitrogens with zero attached hydrogens (tertiary/aromatic N) is 1. The summed E-state index contributed by atoms with van der Waals surface area (Å²) in [6.45, 7) is 0.225. The second-order valence-electron chi connectivity index (χ2n) is 8.00. The van der Waals surface area contributed by atoms with Crippen molar-refractivity contribution < 1.29 is 24.2 Å². The molecule has 1 aromatic rings. The van der Waals surface area contributed by atoms with Crippen LogP contribution in [0.2, 0.25) is 0 Å². The normalized spacial score (nSPS) is 31.6. The smallest absolute Gasteiger partial charge is 0.248 e. The molecule has 3 fully saturated rings. The molecule has 0 saturated carbocycles. The van der Waals surface area contributed by atoms with Gasteiger partial charge in [-0.05, 0) is 43.5 Å². The number of carbonyl (C=O) groups is 3. The number of carbonyl (C=O) groups excluding carboxylic acids is 3. The molecule has 30 heavy (non-hydrogen) atoms. The number of hydrogen-bond acceptors (Lipinski definition) is 6. The Hall–Kier alpha value is -2.26. The molecular weight excluding hydrogens is 406 g/mol. The molecule has 3 N–H and O–H groups in total. The van der Waals surface area contributed by atoms with Crippen molar-refractivity contribution in [2.75, 3.05) is 32.6 Å². The molecule has 2 unspecified atom stereocenters. The fourth-order valence-corrected chi connectivity index (χ4v) is 7.51. The molecule has 2 bridgehead atoms. The van der Waals surface area contributed by atoms with E-state index in [0.29, 0.717) is 24.4 Å². The van der Waals surface area contributed by atoms with E-state index in [1.165, 1.54) is 0 Å². The van der Waals surface area contributed by atoms with E-state index >= 15 is 0 Å². The van der Waals surface area contributed by atoms with E-state index < -0.39 is 22.6 Å². The van der Waals surface area contributed by atoms with Crippen molar-refractivity contribution in [1.82, 2.24) is 10.2 Å². The number of ether oxygens (including phenoxy) is 1. The molecule has 162 valence electrons. The van der Waals surface area contributed by atoms with Crippen LogP contribution in [0.3, 0.4) is 0 Å². The van der Waals surface area contributed by atoms with E-state index in [9.17, 15) is 19.5 Å². The fraction of sp³-hybridized carbons (Fsp3) is 0.571.